The molecule has 0 amide bonds. The first-order chi connectivity index (χ1) is 7.20. The minimum atomic E-state index is -0.352. The molecule has 1 aromatic rings. The van der Waals surface area contributed by atoms with Crippen LogP contribution >= 0.6 is 11.8 Å². The molecular formula is C10H16N2O2S. The van der Waals surface area contributed by atoms with Crippen molar-refractivity contribution in [2.24, 2.45) is 0 Å². The van der Waals surface area contributed by atoms with Crippen LogP contribution in [0.4, 0.5) is 4.79 Å². The number of ether oxygens (including phenoxy) is 1. The zero-order valence-electron chi connectivity index (χ0n) is 9.32. The lowest BCUT2D eigenvalue weighted by atomic mass is 10.4. The van der Waals surface area contributed by atoms with Crippen LogP contribution in [-0.2, 0) is 10.5 Å². The van der Waals surface area contributed by atoms with Crippen LogP contribution in [0.5, 0.6) is 0 Å². The molecule has 0 aliphatic carbocycles. The molecule has 15 heavy (non-hydrogen) atoms. The molecular weight excluding hydrogens is 212 g/mol. The van der Waals surface area contributed by atoms with Crippen LogP contribution in [0.1, 0.15) is 25.2 Å². The Kier molecular flexibility index (Phi) is 4.68. The van der Waals surface area contributed by atoms with E-state index < -0.39 is 0 Å². The van der Waals surface area contributed by atoms with Crippen LogP contribution < -0.4 is 0 Å². The molecule has 0 bridgehead atoms. The van der Waals surface area contributed by atoms with E-state index in [0.29, 0.717) is 6.61 Å². The molecule has 1 aromatic heterocycles. The molecule has 84 valence electrons. The number of hydrogen-bond donors (Lipinski definition) is 0. The third-order valence-electron chi connectivity index (χ3n) is 2.02. The van der Waals surface area contributed by atoms with Crippen molar-refractivity contribution < 1.29 is 9.53 Å². The normalized spacial score (nSPS) is 10.3. The Bertz CT molecular complexity index is 336. The highest BCUT2D eigenvalue weighted by Crippen LogP contribution is 2.14. The molecule has 4 nitrogen and oxygen atoms in total. The monoisotopic (exact) mass is 228 g/mol. The number of aromatic nitrogens is 2. The van der Waals surface area contributed by atoms with Crippen molar-refractivity contribution in [3.63, 3.8) is 0 Å². The van der Waals surface area contributed by atoms with E-state index in [1.807, 2.05) is 6.92 Å². The van der Waals surface area contributed by atoms with E-state index in [9.17, 15) is 4.79 Å². The second-order valence-corrected chi connectivity index (χ2v) is 4.26. The third-order valence-corrected chi connectivity index (χ3v) is 2.90. The zero-order chi connectivity index (χ0) is 11.3. The van der Waals surface area contributed by atoms with Crippen molar-refractivity contribution in [1.82, 2.24) is 9.55 Å². The highest BCUT2D eigenvalue weighted by atomic mass is 32.2. The van der Waals surface area contributed by atoms with E-state index in [-0.39, 0.29) is 6.09 Å². The van der Waals surface area contributed by atoms with Gasteiger partial charge in [-0.3, -0.25) is 0 Å². The molecule has 0 aromatic carbocycles. The van der Waals surface area contributed by atoms with Gasteiger partial charge < -0.3 is 4.74 Å². The molecule has 1 heterocycles. The summed E-state index contributed by atoms with van der Waals surface area (Å²) >= 11 is 1.79. The van der Waals surface area contributed by atoms with Crippen LogP contribution in [0.15, 0.2) is 6.33 Å². The van der Waals surface area contributed by atoms with Crippen molar-refractivity contribution in [3.8, 4) is 0 Å². The Morgan fingerprint density at radius 3 is 2.93 bits per heavy atom. The van der Waals surface area contributed by atoms with Gasteiger partial charge >= 0.3 is 6.09 Å². The minimum Gasteiger partial charge on any atom is -0.449 e. The predicted molar refractivity (Wildman–Crippen MR) is 61.2 cm³/mol. The Hall–Kier alpha value is -0.970. The van der Waals surface area contributed by atoms with E-state index >= 15 is 0 Å². The molecule has 0 aliphatic heterocycles. The number of carbonyl (C=O) groups is 1. The summed E-state index contributed by atoms with van der Waals surface area (Å²) in [5, 5.41) is 0. The predicted octanol–water partition coefficient (Wildman–Crippen LogP) is 2.45. The summed E-state index contributed by atoms with van der Waals surface area (Å²) in [6.07, 6.45) is 1.18. The van der Waals surface area contributed by atoms with E-state index in [2.05, 4.69) is 11.9 Å². The molecule has 0 atom stereocenters. The molecule has 0 unspecified atom stereocenters. The SMILES string of the molecule is CCOC(=O)n1cnc(CSCC)c1C. The number of imidazole rings is 1. The average Bonchev–Trinajstić information content (AvgIpc) is 2.57. The van der Waals surface area contributed by atoms with E-state index in [1.54, 1.807) is 18.7 Å². The first-order valence-corrected chi connectivity index (χ1v) is 6.13. The van der Waals surface area contributed by atoms with Gasteiger partial charge in [-0.25, -0.2) is 14.3 Å². The average molecular weight is 228 g/mol. The number of carbonyl (C=O) groups excluding carboxylic acids is 1. The van der Waals surface area contributed by atoms with Crippen molar-refractivity contribution in [1.29, 1.82) is 0 Å². The van der Waals surface area contributed by atoms with Gasteiger partial charge in [0.25, 0.3) is 0 Å². The van der Waals surface area contributed by atoms with Crippen molar-refractivity contribution in [3.05, 3.63) is 17.7 Å². The first-order valence-electron chi connectivity index (χ1n) is 4.98. The Balaban J connectivity index is 2.74. The molecule has 0 saturated carbocycles. The lowest BCUT2D eigenvalue weighted by molar-refractivity contribution is 0.153. The van der Waals surface area contributed by atoms with E-state index in [4.69, 9.17) is 4.74 Å². The molecule has 0 N–H and O–H groups in total. The fraction of sp³-hybridized carbons (Fsp3) is 0.600. The van der Waals surface area contributed by atoms with Gasteiger partial charge in [-0.2, -0.15) is 11.8 Å². The van der Waals surface area contributed by atoms with Crippen LogP contribution in [0, 0.1) is 6.92 Å². The minimum absolute atomic E-state index is 0.352. The summed E-state index contributed by atoms with van der Waals surface area (Å²) < 4.78 is 6.36. The standard InChI is InChI=1S/C10H16N2O2S/c1-4-14-10(13)12-7-11-9(8(12)3)6-15-5-2/h7H,4-6H2,1-3H3. The number of nitrogens with zero attached hydrogens (tertiary/aromatic N) is 2. The van der Waals surface area contributed by atoms with Gasteiger partial charge in [0.1, 0.15) is 6.33 Å². The summed E-state index contributed by atoms with van der Waals surface area (Å²) in [6, 6.07) is 0. The van der Waals surface area contributed by atoms with E-state index in [1.165, 1.54) is 10.9 Å². The molecule has 0 saturated heterocycles. The van der Waals surface area contributed by atoms with Crippen molar-refractivity contribution >= 4 is 17.9 Å². The largest absolute Gasteiger partial charge is 0.449 e. The summed E-state index contributed by atoms with van der Waals surface area (Å²) in [4.78, 5) is 15.6. The van der Waals surface area contributed by atoms with Crippen LogP contribution in [-0.4, -0.2) is 28.0 Å². The van der Waals surface area contributed by atoms with Gasteiger partial charge in [-0.15, -0.1) is 0 Å². The van der Waals surface area contributed by atoms with Crippen LogP contribution in [0.25, 0.3) is 0 Å². The Labute approximate surface area is 94.0 Å². The topological polar surface area (TPSA) is 44.1 Å². The number of thioether (sulfide) groups is 1. The smallest absolute Gasteiger partial charge is 0.419 e. The molecule has 0 radical (unpaired) electrons. The molecule has 0 spiro atoms. The van der Waals surface area contributed by atoms with Gasteiger partial charge in [-0.1, -0.05) is 6.92 Å². The Morgan fingerprint density at radius 1 is 1.60 bits per heavy atom. The summed E-state index contributed by atoms with van der Waals surface area (Å²) in [7, 11) is 0. The fourth-order valence-electron chi connectivity index (χ4n) is 1.16. The van der Waals surface area contributed by atoms with Gasteiger partial charge in [0.2, 0.25) is 0 Å². The highest BCUT2D eigenvalue weighted by Gasteiger charge is 2.12. The van der Waals surface area contributed by atoms with Gasteiger partial charge in [0.05, 0.1) is 12.3 Å². The first kappa shape index (κ1) is 12.1. The molecule has 5 heteroatoms. The van der Waals surface area contributed by atoms with Crippen LogP contribution in [0.2, 0.25) is 0 Å². The van der Waals surface area contributed by atoms with Crippen LogP contribution in [0.3, 0.4) is 0 Å². The van der Waals surface area contributed by atoms with Gasteiger partial charge in [0, 0.05) is 11.4 Å². The number of hydrogen-bond acceptors (Lipinski definition) is 4. The zero-order valence-corrected chi connectivity index (χ0v) is 10.1. The summed E-state index contributed by atoms with van der Waals surface area (Å²) in [6.45, 7) is 6.16. The van der Waals surface area contributed by atoms with Gasteiger partial charge in [0.15, 0.2) is 0 Å². The number of rotatable bonds is 4. The summed E-state index contributed by atoms with van der Waals surface area (Å²) in [5.41, 5.74) is 1.82. The van der Waals surface area contributed by atoms with Gasteiger partial charge in [-0.05, 0) is 19.6 Å². The van der Waals surface area contributed by atoms with Crippen molar-refractivity contribution in [2.75, 3.05) is 12.4 Å². The van der Waals surface area contributed by atoms with E-state index in [0.717, 1.165) is 22.9 Å². The quantitative estimate of drug-likeness (QED) is 0.794. The second kappa shape index (κ2) is 5.80. The van der Waals surface area contributed by atoms with Crippen molar-refractivity contribution in [2.45, 2.75) is 26.5 Å². The maximum absolute atomic E-state index is 11.4. The lowest BCUT2D eigenvalue weighted by Gasteiger charge is -2.04. The molecule has 1 rings (SSSR count). The molecule has 0 aliphatic rings. The Morgan fingerprint density at radius 2 is 2.33 bits per heavy atom. The second-order valence-electron chi connectivity index (χ2n) is 2.98. The lowest BCUT2D eigenvalue weighted by Crippen LogP contribution is -2.14. The maximum atomic E-state index is 11.4. The highest BCUT2D eigenvalue weighted by molar-refractivity contribution is 7.98. The maximum Gasteiger partial charge on any atom is 0.419 e. The summed E-state index contributed by atoms with van der Waals surface area (Å²) in [5.74, 6) is 1.89. The fourth-order valence-corrected chi connectivity index (χ4v) is 1.84. The molecule has 0 fully saturated rings. The third kappa shape index (κ3) is 2.99.